The van der Waals surface area contributed by atoms with Crippen LogP contribution in [0.25, 0.3) is 5.57 Å². The number of fused-ring (bicyclic) bond motifs is 2. The van der Waals surface area contributed by atoms with Crippen molar-refractivity contribution in [3.63, 3.8) is 0 Å². The third-order valence-corrected chi connectivity index (χ3v) is 5.84. The number of ketones is 2. The first-order valence-electron chi connectivity index (χ1n) is 9.72. The lowest BCUT2D eigenvalue weighted by Gasteiger charge is -2.29. The van der Waals surface area contributed by atoms with Gasteiger partial charge < -0.3 is 0 Å². The minimum absolute atomic E-state index is 0.00150. The maximum Gasteiger partial charge on any atom is 0.194 e. The molecule has 2 nitrogen and oxygen atoms in total. The summed E-state index contributed by atoms with van der Waals surface area (Å²) in [7, 11) is 0. The van der Waals surface area contributed by atoms with E-state index in [1.807, 2.05) is 30.3 Å². The van der Waals surface area contributed by atoms with Gasteiger partial charge in [0.15, 0.2) is 11.6 Å². The van der Waals surface area contributed by atoms with E-state index < -0.39 is 0 Å². The summed E-state index contributed by atoms with van der Waals surface area (Å²) in [5.41, 5.74) is 7.69. The molecule has 0 N–H and O–H groups in total. The third kappa shape index (κ3) is 2.47. The quantitative estimate of drug-likeness (QED) is 0.771. The molecular formula is C24H24O2. The molecule has 0 saturated carbocycles. The molecular weight excluding hydrogens is 320 g/mol. The van der Waals surface area contributed by atoms with E-state index in [4.69, 9.17) is 0 Å². The fourth-order valence-corrected chi connectivity index (χ4v) is 4.71. The Bertz CT molecular complexity index is 933. The Labute approximate surface area is 154 Å². The molecule has 26 heavy (non-hydrogen) atoms. The number of rotatable bonds is 3. The monoisotopic (exact) mass is 344 g/mol. The number of Topliss-reactive ketones (excluding diaryl/α,β-unsaturated/α-hetero) is 1. The molecule has 0 heterocycles. The first-order chi connectivity index (χ1) is 12.7. The molecule has 132 valence electrons. The van der Waals surface area contributed by atoms with E-state index >= 15 is 0 Å². The van der Waals surface area contributed by atoms with Crippen LogP contribution in [0.15, 0.2) is 36.4 Å². The molecule has 0 unspecified atom stereocenters. The Morgan fingerprint density at radius 2 is 1.38 bits per heavy atom. The fourth-order valence-electron chi connectivity index (χ4n) is 4.71. The maximum absolute atomic E-state index is 13.5. The Morgan fingerprint density at radius 1 is 0.808 bits per heavy atom. The zero-order valence-electron chi connectivity index (χ0n) is 15.5. The fraction of sp³-hybridized carbons (Fsp3) is 0.333. The second-order valence-electron chi connectivity index (χ2n) is 7.20. The molecule has 0 fully saturated rings. The van der Waals surface area contributed by atoms with Crippen LogP contribution in [0.1, 0.15) is 75.2 Å². The largest absolute Gasteiger partial charge is 0.289 e. The van der Waals surface area contributed by atoms with Crippen molar-refractivity contribution in [3.05, 3.63) is 75.4 Å². The molecule has 0 aliphatic heterocycles. The van der Waals surface area contributed by atoms with E-state index in [2.05, 4.69) is 13.8 Å². The number of carbonyl (C=O) groups is 2. The summed E-state index contributed by atoms with van der Waals surface area (Å²) in [6, 6.07) is 9.57. The van der Waals surface area contributed by atoms with Gasteiger partial charge in [-0.1, -0.05) is 44.2 Å². The van der Waals surface area contributed by atoms with Crippen molar-refractivity contribution in [2.75, 3.05) is 0 Å². The van der Waals surface area contributed by atoms with E-state index in [0.717, 1.165) is 42.4 Å². The van der Waals surface area contributed by atoms with Crippen LogP contribution in [0.5, 0.6) is 0 Å². The molecule has 0 aromatic heterocycles. The van der Waals surface area contributed by atoms with E-state index in [9.17, 15) is 9.59 Å². The first-order valence-corrected chi connectivity index (χ1v) is 9.72. The Kier molecular flexibility index (Phi) is 4.36. The Morgan fingerprint density at radius 3 is 1.96 bits per heavy atom. The molecule has 2 heteroatoms. The molecule has 0 radical (unpaired) electrons. The summed E-state index contributed by atoms with van der Waals surface area (Å²) < 4.78 is 0. The summed E-state index contributed by atoms with van der Waals surface area (Å²) >= 11 is 0. The highest BCUT2D eigenvalue weighted by atomic mass is 16.1. The SMILES string of the molecule is CCc1c2c(c(CC)c3c1C(=O)C=C(c1ccccc1)C3=O)CCCC2. The van der Waals surface area contributed by atoms with Gasteiger partial charge in [0.25, 0.3) is 0 Å². The van der Waals surface area contributed by atoms with Crippen molar-refractivity contribution in [2.45, 2.75) is 52.4 Å². The Hall–Kier alpha value is -2.48. The van der Waals surface area contributed by atoms with Gasteiger partial charge in [-0.05, 0) is 72.4 Å². The summed E-state index contributed by atoms with van der Waals surface area (Å²) in [6.45, 7) is 4.21. The summed E-state index contributed by atoms with van der Waals surface area (Å²) in [6.07, 6.45) is 7.59. The lowest BCUT2D eigenvalue weighted by Crippen LogP contribution is -2.25. The van der Waals surface area contributed by atoms with Crippen LogP contribution in [0, 0.1) is 0 Å². The van der Waals surface area contributed by atoms with Crippen LogP contribution in [0.4, 0.5) is 0 Å². The van der Waals surface area contributed by atoms with Gasteiger partial charge in [0.05, 0.1) is 0 Å². The van der Waals surface area contributed by atoms with E-state index in [1.54, 1.807) is 6.08 Å². The average molecular weight is 344 g/mol. The van der Waals surface area contributed by atoms with E-state index in [-0.39, 0.29) is 11.6 Å². The third-order valence-electron chi connectivity index (χ3n) is 5.84. The molecule has 0 amide bonds. The molecule has 4 rings (SSSR count). The zero-order valence-corrected chi connectivity index (χ0v) is 15.5. The molecule has 0 atom stereocenters. The maximum atomic E-state index is 13.5. The van der Waals surface area contributed by atoms with Crippen LogP contribution in [-0.4, -0.2) is 11.6 Å². The van der Waals surface area contributed by atoms with Crippen LogP contribution in [-0.2, 0) is 25.7 Å². The highest BCUT2D eigenvalue weighted by Crippen LogP contribution is 2.39. The lowest BCUT2D eigenvalue weighted by molar-refractivity contribution is 0.1000. The minimum atomic E-state index is -0.00150. The molecule has 2 aromatic carbocycles. The smallest absolute Gasteiger partial charge is 0.194 e. The minimum Gasteiger partial charge on any atom is -0.289 e. The topological polar surface area (TPSA) is 34.1 Å². The molecule has 0 spiro atoms. The lowest BCUT2D eigenvalue weighted by atomic mass is 9.73. The number of benzene rings is 2. The first kappa shape index (κ1) is 17.0. The van der Waals surface area contributed by atoms with Crippen LogP contribution < -0.4 is 0 Å². The van der Waals surface area contributed by atoms with Crippen LogP contribution in [0.2, 0.25) is 0 Å². The van der Waals surface area contributed by atoms with Gasteiger partial charge in [0.1, 0.15) is 0 Å². The second kappa shape index (κ2) is 6.68. The predicted octanol–water partition coefficient (Wildman–Crippen LogP) is 5.15. The van der Waals surface area contributed by atoms with Gasteiger partial charge in [0.2, 0.25) is 0 Å². The number of hydrogen-bond acceptors (Lipinski definition) is 2. The van der Waals surface area contributed by atoms with Gasteiger partial charge in [-0.2, -0.15) is 0 Å². The Balaban J connectivity index is 2.01. The van der Waals surface area contributed by atoms with Crippen molar-refractivity contribution in [1.82, 2.24) is 0 Å². The number of allylic oxidation sites excluding steroid dienone is 2. The van der Waals surface area contributed by atoms with Gasteiger partial charge in [-0.15, -0.1) is 0 Å². The normalized spacial score (nSPS) is 16.2. The van der Waals surface area contributed by atoms with Crippen molar-refractivity contribution in [2.24, 2.45) is 0 Å². The van der Waals surface area contributed by atoms with Gasteiger partial charge in [0, 0.05) is 16.7 Å². The summed E-state index contributed by atoms with van der Waals surface area (Å²) in [5, 5.41) is 0. The molecule has 2 aromatic rings. The highest BCUT2D eigenvalue weighted by molar-refractivity contribution is 6.39. The molecule has 0 bridgehead atoms. The van der Waals surface area contributed by atoms with Gasteiger partial charge in [-0.25, -0.2) is 0 Å². The van der Waals surface area contributed by atoms with Gasteiger partial charge in [-0.3, -0.25) is 9.59 Å². The summed E-state index contributed by atoms with van der Waals surface area (Å²) in [5.74, 6) is 0.0177. The van der Waals surface area contributed by atoms with Crippen LogP contribution in [0.3, 0.4) is 0 Å². The average Bonchev–Trinajstić information content (AvgIpc) is 2.69. The van der Waals surface area contributed by atoms with Crippen molar-refractivity contribution in [1.29, 1.82) is 0 Å². The highest BCUT2D eigenvalue weighted by Gasteiger charge is 2.34. The van der Waals surface area contributed by atoms with E-state index in [1.165, 1.54) is 24.0 Å². The molecule has 2 aliphatic rings. The zero-order chi connectivity index (χ0) is 18.3. The standard InChI is InChI=1S/C24H24O2/c1-3-16-18-12-8-9-13-19(18)17(4-2)23-22(16)21(25)14-20(24(23)26)15-10-6-5-7-11-15/h5-7,10-11,14H,3-4,8-9,12-13H2,1-2H3. The second-order valence-corrected chi connectivity index (χ2v) is 7.20. The predicted molar refractivity (Wildman–Crippen MR) is 105 cm³/mol. The van der Waals surface area contributed by atoms with Crippen molar-refractivity contribution < 1.29 is 9.59 Å². The molecule has 0 saturated heterocycles. The number of hydrogen-bond donors (Lipinski definition) is 0. The molecule has 2 aliphatic carbocycles. The van der Waals surface area contributed by atoms with Crippen LogP contribution >= 0.6 is 0 Å². The van der Waals surface area contributed by atoms with Crippen molar-refractivity contribution in [3.8, 4) is 0 Å². The summed E-state index contributed by atoms with van der Waals surface area (Å²) in [4.78, 5) is 26.6. The van der Waals surface area contributed by atoms with Crippen molar-refractivity contribution >= 4 is 17.1 Å². The number of carbonyl (C=O) groups excluding carboxylic acids is 2. The van der Waals surface area contributed by atoms with E-state index in [0.29, 0.717) is 16.7 Å². The van der Waals surface area contributed by atoms with Gasteiger partial charge >= 0.3 is 0 Å².